The molecule has 1 atom stereocenters. The second kappa shape index (κ2) is 13.2. The summed E-state index contributed by atoms with van der Waals surface area (Å²) in [5.41, 5.74) is 0.668. The van der Waals surface area contributed by atoms with Gasteiger partial charge in [-0.2, -0.15) is 5.26 Å². The fraction of sp³-hybridized carbons (Fsp3) is 0.217. The number of nitrogens with one attached hydrogen (secondary N) is 2. The van der Waals surface area contributed by atoms with Crippen molar-refractivity contribution in [2.75, 3.05) is 31.0 Å². The third-order valence-electron chi connectivity index (χ3n) is 4.69. The highest BCUT2D eigenvalue weighted by atomic mass is 79.9. The van der Waals surface area contributed by atoms with E-state index < -0.39 is 12.1 Å². The molecule has 3 aromatic rings. The van der Waals surface area contributed by atoms with Crippen LogP contribution in [0, 0.1) is 11.3 Å². The molecule has 2 amide bonds. The van der Waals surface area contributed by atoms with Gasteiger partial charge in [-0.1, -0.05) is 23.2 Å². The largest absolute Gasteiger partial charge is 0.487 e. The average Bonchev–Trinajstić information content (AvgIpc) is 2.85. The summed E-state index contributed by atoms with van der Waals surface area (Å²) in [4.78, 5) is 36.1. The van der Waals surface area contributed by atoms with Gasteiger partial charge in [-0.15, -0.1) is 0 Å². The van der Waals surface area contributed by atoms with Crippen molar-refractivity contribution in [3.63, 3.8) is 0 Å². The molecule has 0 saturated heterocycles. The SMILES string of the molecule is COCCOc1cc(Br)c(C=O)nc1NC(=O)Nc1cc(O[C@H](C)c2c(Cl)cncc2Cl)c(C#N)cn1. The number of methoxy groups -OCH3 is 1. The zero-order valence-corrected chi connectivity index (χ0v) is 22.5. The minimum atomic E-state index is -0.736. The Balaban J connectivity index is 1.80. The summed E-state index contributed by atoms with van der Waals surface area (Å²) in [6, 6.07) is 4.13. The molecule has 37 heavy (non-hydrogen) atoms. The Bertz CT molecular complexity index is 1330. The Morgan fingerprint density at radius 3 is 2.57 bits per heavy atom. The van der Waals surface area contributed by atoms with E-state index in [1.807, 2.05) is 6.07 Å². The van der Waals surface area contributed by atoms with Crippen molar-refractivity contribution in [3.05, 3.63) is 62.1 Å². The molecule has 11 nitrogen and oxygen atoms in total. The Labute approximate surface area is 230 Å². The van der Waals surface area contributed by atoms with Gasteiger partial charge in [-0.25, -0.2) is 14.8 Å². The fourth-order valence-electron chi connectivity index (χ4n) is 3.00. The fourth-order valence-corrected chi connectivity index (χ4v) is 4.07. The van der Waals surface area contributed by atoms with Gasteiger partial charge in [0.1, 0.15) is 41.6 Å². The van der Waals surface area contributed by atoms with Gasteiger partial charge in [0.2, 0.25) is 0 Å². The number of rotatable bonds is 10. The predicted molar refractivity (Wildman–Crippen MR) is 140 cm³/mol. The Morgan fingerprint density at radius 2 is 1.92 bits per heavy atom. The molecule has 0 spiro atoms. The van der Waals surface area contributed by atoms with Crippen molar-refractivity contribution < 1.29 is 23.8 Å². The number of ether oxygens (including phenoxy) is 3. The van der Waals surface area contributed by atoms with E-state index in [0.29, 0.717) is 33.0 Å². The molecule has 0 aliphatic heterocycles. The second-order valence-corrected chi connectivity index (χ2v) is 8.86. The van der Waals surface area contributed by atoms with Crippen molar-refractivity contribution in [2.24, 2.45) is 0 Å². The molecule has 192 valence electrons. The number of aromatic nitrogens is 3. The quantitative estimate of drug-likeness (QED) is 0.226. The maximum Gasteiger partial charge on any atom is 0.326 e. The Kier molecular flexibility index (Phi) is 9.99. The molecule has 3 aromatic heterocycles. The number of carbonyl (C=O) groups excluding carboxylic acids is 2. The normalized spacial score (nSPS) is 11.2. The lowest BCUT2D eigenvalue weighted by molar-refractivity contribution is 0.111. The summed E-state index contributed by atoms with van der Waals surface area (Å²) in [5, 5.41) is 15.1. The minimum absolute atomic E-state index is 0.000357. The van der Waals surface area contributed by atoms with E-state index >= 15 is 0 Å². The monoisotopic (exact) mass is 608 g/mol. The lowest BCUT2D eigenvalue weighted by Gasteiger charge is -2.18. The Morgan fingerprint density at radius 1 is 1.19 bits per heavy atom. The molecule has 0 aromatic carbocycles. The first-order chi connectivity index (χ1) is 17.8. The molecule has 0 radical (unpaired) electrons. The van der Waals surface area contributed by atoms with Crippen molar-refractivity contribution in [2.45, 2.75) is 13.0 Å². The van der Waals surface area contributed by atoms with Crippen LogP contribution in [0.15, 0.2) is 35.2 Å². The molecule has 0 saturated carbocycles. The van der Waals surface area contributed by atoms with E-state index in [1.54, 1.807) is 6.92 Å². The van der Waals surface area contributed by atoms with Gasteiger partial charge >= 0.3 is 6.03 Å². The van der Waals surface area contributed by atoms with Gasteiger partial charge < -0.3 is 14.2 Å². The topological polar surface area (TPSA) is 148 Å². The predicted octanol–water partition coefficient (Wildman–Crippen LogP) is 5.43. The van der Waals surface area contributed by atoms with Crippen molar-refractivity contribution in [1.29, 1.82) is 5.26 Å². The first kappa shape index (κ1) is 28.1. The standard InChI is InChI=1S/C23H19BrCl2N6O5/c1-12(21-15(25)9-28-10-16(21)26)37-18-6-20(29-8-13(18)7-27)31-23(34)32-22-19(36-4-3-35-2)5-14(24)17(11-33)30-22/h5-6,8-12H,3-4H2,1-2H3,(H2,29,30,31,32,34)/t12-/m1/s1. The third kappa shape index (κ3) is 7.27. The molecular formula is C23H19BrCl2N6O5. The van der Waals surface area contributed by atoms with Crippen LogP contribution in [0.3, 0.4) is 0 Å². The van der Waals surface area contributed by atoms with E-state index in [0.717, 1.165) is 0 Å². The first-order valence-electron chi connectivity index (χ1n) is 10.5. The van der Waals surface area contributed by atoms with Crippen LogP contribution < -0.4 is 20.1 Å². The van der Waals surface area contributed by atoms with Crippen molar-refractivity contribution >= 4 is 63.1 Å². The van der Waals surface area contributed by atoms with Crippen LogP contribution in [0.2, 0.25) is 10.0 Å². The number of hydrogen-bond donors (Lipinski definition) is 2. The number of pyridine rings is 3. The van der Waals surface area contributed by atoms with Gasteiger partial charge in [0.05, 0.1) is 27.3 Å². The summed E-state index contributed by atoms with van der Waals surface area (Å²) in [7, 11) is 1.52. The smallest absolute Gasteiger partial charge is 0.326 e. The number of aldehydes is 1. The van der Waals surface area contributed by atoms with Gasteiger partial charge in [0.15, 0.2) is 17.9 Å². The van der Waals surface area contributed by atoms with Crippen LogP contribution in [-0.2, 0) is 4.74 Å². The number of nitriles is 1. The van der Waals surface area contributed by atoms with Crippen LogP contribution in [0.1, 0.15) is 34.6 Å². The van der Waals surface area contributed by atoms with Crippen molar-refractivity contribution in [3.8, 4) is 17.6 Å². The molecule has 0 aliphatic rings. The Hall–Kier alpha value is -3.50. The molecule has 3 heterocycles. The van der Waals surface area contributed by atoms with Crippen LogP contribution in [0.4, 0.5) is 16.4 Å². The van der Waals surface area contributed by atoms with Crippen molar-refractivity contribution in [1.82, 2.24) is 15.0 Å². The number of carbonyl (C=O) groups is 2. The van der Waals surface area contributed by atoms with E-state index in [-0.39, 0.29) is 41.0 Å². The maximum absolute atomic E-state index is 12.7. The average molecular weight is 610 g/mol. The highest BCUT2D eigenvalue weighted by Gasteiger charge is 2.19. The number of anilines is 2. The molecule has 0 unspecified atom stereocenters. The summed E-state index contributed by atoms with van der Waals surface area (Å²) >= 11 is 15.6. The third-order valence-corrected chi connectivity index (χ3v) is 5.92. The zero-order valence-electron chi connectivity index (χ0n) is 19.4. The molecule has 14 heteroatoms. The zero-order chi connectivity index (χ0) is 26.9. The minimum Gasteiger partial charge on any atom is -0.487 e. The van der Waals surface area contributed by atoms with Gasteiger partial charge in [-0.3, -0.25) is 20.4 Å². The summed E-state index contributed by atoms with van der Waals surface area (Å²) < 4.78 is 16.9. The molecule has 0 aliphatic carbocycles. The number of nitrogens with zero attached hydrogens (tertiary/aromatic N) is 4. The van der Waals surface area contributed by atoms with E-state index in [2.05, 4.69) is 41.5 Å². The molecule has 2 N–H and O–H groups in total. The highest BCUT2D eigenvalue weighted by Crippen LogP contribution is 2.34. The van der Waals surface area contributed by atoms with Gasteiger partial charge in [0.25, 0.3) is 0 Å². The summed E-state index contributed by atoms with van der Waals surface area (Å²) in [6.07, 6.45) is 3.98. The van der Waals surface area contributed by atoms with Crippen LogP contribution in [0.25, 0.3) is 0 Å². The summed E-state index contributed by atoms with van der Waals surface area (Å²) in [5.74, 6) is 0.416. The molecule has 0 bridgehead atoms. The lowest BCUT2D eigenvalue weighted by Crippen LogP contribution is -2.22. The highest BCUT2D eigenvalue weighted by molar-refractivity contribution is 9.10. The summed E-state index contributed by atoms with van der Waals surface area (Å²) in [6.45, 7) is 2.18. The number of urea groups is 1. The van der Waals surface area contributed by atoms with Crippen LogP contribution in [-0.4, -0.2) is 47.6 Å². The second-order valence-electron chi connectivity index (χ2n) is 7.19. The van der Waals surface area contributed by atoms with Crippen LogP contribution >= 0.6 is 39.1 Å². The molecular weight excluding hydrogens is 591 g/mol. The number of halogens is 3. The van der Waals surface area contributed by atoms with E-state index in [9.17, 15) is 14.9 Å². The van der Waals surface area contributed by atoms with E-state index in [1.165, 1.54) is 37.8 Å². The first-order valence-corrected chi connectivity index (χ1v) is 12.0. The number of hydrogen-bond acceptors (Lipinski definition) is 9. The van der Waals surface area contributed by atoms with Crippen LogP contribution in [0.5, 0.6) is 11.5 Å². The lowest BCUT2D eigenvalue weighted by atomic mass is 10.1. The van der Waals surface area contributed by atoms with Gasteiger partial charge in [-0.05, 0) is 22.9 Å². The van der Waals surface area contributed by atoms with E-state index in [4.69, 9.17) is 37.4 Å². The molecule has 0 fully saturated rings. The maximum atomic E-state index is 12.7. The number of amides is 2. The molecule has 3 rings (SSSR count). The van der Waals surface area contributed by atoms with Gasteiger partial charge in [0, 0.05) is 37.2 Å².